The number of nitrogens with zero attached hydrogens (tertiary/aromatic N) is 2. The normalized spacial score (nSPS) is 14.8. The van der Waals surface area contributed by atoms with Crippen molar-refractivity contribution in [1.29, 1.82) is 0 Å². The van der Waals surface area contributed by atoms with Crippen molar-refractivity contribution in [1.82, 2.24) is 9.55 Å². The van der Waals surface area contributed by atoms with Crippen LogP contribution in [0.3, 0.4) is 0 Å². The van der Waals surface area contributed by atoms with Gasteiger partial charge in [-0.3, -0.25) is 4.79 Å². The Kier molecular flexibility index (Phi) is 5.29. The number of rotatable bonds is 7. The number of amides is 1. The number of nitrogens with one attached hydrogen (secondary N) is 2. The summed E-state index contributed by atoms with van der Waals surface area (Å²) < 4.78 is 1.99. The molecule has 1 aromatic heterocycles. The van der Waals surface area contributed by atoms with Gasteiger partial charge in [0.25, 0.3) is 0 Å². The summed E-state index contributed by atoms with van der Waals surface area (Å²) in [6.45, 7) is 0.816. The lowest BCUT2D eigenvalue weighted by atomic mass is 10.2. The topological polar surface area (TPSA) is 59.0 Å². The van der Waals surface area contributed by atoms with Crippen molar-refractivity contribution in [2.24, 2.45) is 0 Å². The number of benzene rings is 1. The predicted octanol–water partition coefficient (Wildman–Crippen LogP) is 3.66. The zero-order chi connectivity index (χ0) is 15.9. The summed E-state index contributed by atoms with van der Waals surface area (Å²) >= 11 is 0. The van der Waals surface area contributed by atoms with E-state index in [4.69, 9.17) is 0 Å². The monoisotopic (exact) mass is 312 g/mol. The van der Waals surface area contributed by atoms with Gasteiger partial charge in [-0.1, -0.05) is 18.9 Å². The third kappa shape index (κ3) is 4.84. The van der Waals surface area contributed by atoms with Gasteiger partial charge in [0.1, 0.15) is 0 Å². The van der Waals surface area contributed by atoms with Crippen LogP contribution in [0, 0.1) is 0 Å². The Labute approximate surface area is 137 Å². The van der Waals surface area contributed by atoms with Crippen molar-refractivity contribution in [2.75, 3.05) is 10.6 Å². The van der Waals surface area contributed by atoms with E-state index < -0.39 is 0 Å². The third-order valence-corrected chi connectivity index (χ3v) is 4.25. The first kappa shape index (κ1) is 15.6. The molecule has 1 heterocycles. The van der Waals surface area contributed by atoms with E-state index in [0.717, 1.165) is 24.3 Å². The van der Waals surface area contributed by atoms with Crippen LogP contribution in [0.4, 0.5) is 11.4 Å². The summed E-state index contributed by atoms with van der Waals surface area (Å²) in [6.07, 6.45) is 11.9. The second-order valence-corrected chi connectivity index (χ2v) is 6.16. The van der Waals surface area contributed by atoms with Crippen molar-refractivity contribution in [3.05, 3.63) is 43.0 Å². The minimum Gasteiger partial charge on any atom is -0.382 e. The Hall–Kier alpha value is -2.30. The van der Waals surface area contributed by atoms with Crippen molar-refractivity contribution in [2.45, 2.75) is 51.1 Å². The molecule has 1 saturated carbocycles. The Morgan fingerprint density at radius 1 is 1.26 bits per heavy atom. The van der Waals surface area contributed by atoms with E-state index in [2.05, 4.69) is 21.7 Å². The smallest absolute Gasteiger partial charge is 0.224 e. The molecule has 1 aromatic carbocycles. The average Bonchev–Trinajstić information content (AvgIpc) is 3.21. The van der Waals surface area contributed by atoms with Crippen molar-refractivity contribution in [3.8, 4) is 0 Å². The number of imidazole rings is 1. The van der Waals surface area contributed by atoms with Crippen LogP contribution < -0.4 is 10.6 Å². The maximum Gasteiger partial charge on any atom is 0.224 e. The van der Waals surface area contributed by atoms with Crippen molar-refractivity contribution < 1.29 is 4.79 Å². The zero-order valence-corrected chi connectivity index (χ0v) is 13.4. The first-order chi connectivity index (χ1) is 11.3. The summed E-state index contributed by atoms with van der Waals surface area (Å²) in [7, 11) is 0. The van der Waals surface area contributed by atoms with E-state index in [-0.39, 0.29) is 5.91 Å². The van der Waals surface area contributed by atoms with E-state index in [1.54, 1.807) is 12.5 Å². The van der Waals surface area contributed by atoms with Gasteiger partial charge in [-0.05, 0) is 37.5 Å². The second kappa shape index (κ2) is 7.81. The fraction of sp³-hybridized carbons (Fsp3) is 0.444. The first-order valence-corrected chi connectivity index (χ1v) is 8.42. The van der Waals surface area contributed by atoms with Crippen LogP contribution in [-0.4, -0.2) is 21.5 Å². The fourth-order valence-electron chi connectivity index (χ4n) is 3.06. The highest BCUT2D eigenvalue weighted by Gasteiger charge is 2.14. The highest BCUT2D eigenvalue weighted by molar-refractivity contribution is 5.91. The van der Waals surface area contributed by atoms with E-state index in [1.165, 1.54) is 25.7 Å². The first-order valence-electron chi connectivity index (χ1n) is 8.42. The number of carbonyl (C=O) groups excluding carboxylic acids is 1. The molecule has 0 saturated heterocycles. The molecule has 0 aliphatic heterocycles. The van der Waals surface area contributed by atoms with Crippen molar-refractivity contribution in [3.63, 3.8) is 0 Å². The molecule has 0 bridgehead atoms. The van der Waals surface area contributed by atoms with Crippen LogP contribution in [0.25, 0.3) is 0 Å². The average molecular weight is 312 g/mol. The minimum atomic E-state index is 0.0585. The van der Waals surface area contributed by atoms with Gasteiger partial charge in [-0.25, -0.2) is 4.98 Å². The van der Waals surface area contributed by atoms with Crippen LogP contribution in [-0.2, 0) is 11.3 Å². The predicted molar refractivity (Wildman–Crippen MR) is 92.4 cm³/mol. The molecule has 0 unspecified atom stereocenters. The number of anilines is 2. The molecule has 2 N–H and O–H groups in total. The molecule has 5 heteroatoms. The highest BCUT2D eigenvalue weighted by Crippen LogP contribution is 2.23. The van der Waals surface area contributed by atoms with Gasteiger partial charge in [-0.15, -0.1) is 0 Å². The van der Waals surface area contributed by atoms with Crippen LogP contribution in [0.2, 0.25) is 0 Å². The van der Waals surface area contributed by atoms with Gasteiger partial charge >= 0.3 is 0 Å². The molecule has 1 fully saturated rings. The van der Waals surface area contributed by atoms with Crippen LogP contribution in [0.5, 0.6) is 0 Å². The SMILES string of the molecule is O=C(CCCn1ccnc1)Nc1cccc(NC2CCCC2)c1. The Morgan fingerprint density at radius 3 is 2.87 bits per heavy atom. The van der Waals surface area contributed by atoms with Crippen LogP contribution in [0.15, 0.2) is 43.0 Å². The molecule has 122 valence electrons. The Morgan fingerprint density at radius 2 is 2.09 bits per heavy atom. The summed E-state index contributed by atoms with van der Waals surface area (Å²) in [5.41, 5.74) is 1.95. The lowest BCUT2D eigenvalue weighted by Crippen LogP contribution is -2.15. The molecule has 1 aliphatic rings. The van der Waals surface area contributed by atoms with Gasteiger partial charge in [0.05, 0.1) is 6.33 Å². The van der Waals surface area contributed by atoms with Crippen LogP contribution >= 0.6 is 0 Å². The van der Waals surface area contributed by atoms with Gasteiger partial charge in [0.15, 0.2) is 0 Å². The third-order valence-electron chi connectivity index (χ3n) is 4.25. The largest absolute Gasteiger partial charge is 0.382 e. The second-order valence-electron chi connectivity index (χ2n) is 6.16. The van der Waals surface area contributed by atoms with Gasteiger partial charge < -0.3 is 15.2 Å². The number of hydrogen-bond acceptors (Lipinski definition) is 3. The summed E-state index contributed by atoms with van der Waals surface area (Å²) in [4.78, 5) is 16.0. The molecular weight excluding hydrogens is 288 g/mol. The number of aryl methyl sites for hydroxylation is 1. The molecule has 0 spiro atoms. The Balaban J connectivity index is 1.45. The molecule has 23 heavy (non-hydrogen) atoms. The molecule has 0 radical (unpaired) electrons. The molecule has 5 nitrogen and oxygen atoms in total. The molecular formula is C18H24N4O. The summed E-state index contributed by atoms with van der Waals surface area (Å²) in [6, 6.07) is 8.58. The van der Waals surface area contributed by atoms with E-state index in [1.807, 2.05) is 29.0 Å². The maximum absolute atomic E-state index is 12.0. The molecule has 0 atom stereocenters. The molecule has 3 rings (SSSR count). The van der Waals surface area contributed by atoms with Gasteiger partial charge in [0.2, 0.25) is 5.91 Å². The van der Waals surface area contributed by atoms with E-state index in [9.17, 15) is 4.79 Å². The number of aromatic nitrogens is 2. The summed E-state index contributed by atoms with van der Waals surface area (Å²) in [5, 5.41) is 6.54. The fourth-order valence-corrected chi connectivity index (χ4v) is 3.06. The number of hydrogen-bond donors (Lipinski definition) is 2. The van der Waals surface area contributed by atoms with E-state index >= 15 is 0 Å². The minimum absolute atomic E-state index is 0.0585. The van der Waals surface area contributed by atoms with E-state index in [0.29, 0.717) is 12.5 Å². The lowest BCUT2D eigenvalue weighted by Gasteiger charge is -2.14. The van der Waals surface area contributed by atoms with Crippen molar-refractivity contribution >= 4 is 17.3 Å². The standard InChI is InChI=1S/C18H24N4O/c23-18(9-4-11-22-12-10-19-14-22)21-17-8-3-7-16(13-17)20-15-5-1-2-6-15/h3,7-8,10,12-15,20H,1-2,4-6,9,11H2,(H,21,23). The quantitative estimate of drug-likeness (QED) is 0.820. The molecule has 2 aromatic rings. The summed E-state index contributed by atoms with van der Waals surface area (Å²) in [5.74, 6) is 0.0585. The zero-order valence-electron chi connectivity index (χ0n) is 13.4. The Bertz CT molecular complexity index is 618. The van der Waals surface area contributed by atoms with Crippen LogP contribution in [0.1, 0.15) is 38.5 Å². The molecule has 1 amide bonds. The maximum atomic E-state index is 12.0. The lowest BCUT2D eigenvalue weighted by molar-refractivity contribution is -0.116. The number of carbonyl (C=O) groups is 1. The van der Waals surface area contributed by atoms with Gasteiger partial charge in [0, 0.05) is 42.8 Å². The molecule has 1 aliphatic carbocycles. The highest BCUT2D eigenvalue weighted by atomic mass is 16.1. The van der Waals surface area contributed by atoms with Gasteiger partial charge in [-0.2, -0.15) is 0 Å².